The highest BCUT2D eigenvalue weighted by Gasteiger charge is 2.14. The number of alkyl halides is 2. The van der Waals surface area contributed by atoms with E-state index in [9.17, 15) is 8.78 Å². The molecule has 0 atom stereocenters. The van der Waals surface area contributed by atoms with E-state index >= 15 is 0 Å². The molecule has 1 N–H and O–H groups in total. The largest absolute Gasteiger partial charge is 0.488 e. The number of para-hydroxylation sites is 1. The number of hydrogen-bond acceptors (Lipinski definition) is 2. The fourth-order valence-electron chi connectivity index (χ4n) is 1.24. The van der Waals surface area contributed by atoms with Crippen molar-refractivity contribution in [2.45, 2.75) is 6.43 Å². The standard InChI is InChI=1S/C9H7F2N2O/c1-14-6-4-2-3-5-7(6)13-9(12-5)8(10)11/h2-4,8H,1H2,(H,12,13). The lowest BCUT2D eigenvalue weighted by Crippen LogP contribution is -1.85. The summed E-state index contributed by atoms with van der Waals surface area (Å²) in [4.78, 5) is 6.21. The van der Waals surface area contributed by atoms with Crippen LogP contribution in [0.3, 0.4) is 0 Å². The van der Waals surface area contributed by atoms with Crippen molar-refractivity contribution in [3.05, 3.63) is 31.1 Å². The van der Waals surface area contributed by atoms with Gasteiger partial charge in [0.25, 0.3) is 6.43 Å². The average molecular weight is 197 g/mol. The predicted molar refractivity (Wildman–Crippen MR) is 47.0 cm³/mol. The molecule has 1 aromatic heterocycles. The molecule has 0 unspecified atom stereocenters. The van der Waals surface area contributed by atoms with Crippen LogP contribution in [0.2, 0.25) is 0 Å². The zero-order valence-corrected chi connectivity index (χ0v) is 7.13. The van der Waals surface area contributed by atoms with E-state index in [1.807, 2.05) is 0 Å². The van der Waals surface area contributed by atoms with E-state index in [2.05, 4.69) is 17.1 Å². The SMILES string of the molecule is [CH2]Oc1cccc2[nH]c(C(F)F)nc12. The van der Waals surface area contributed by atoms with Crippen molar-refractivity contribution >= 4 is 11.0 Å². The van der Waals surface area contributed by atoms with Crippen molar-refractivity contribution in [2.75, 3.05) is 0 Å². The Balaban J connectivity index is 2.64. The van der Waals surface area contributed by atoms with Crippen molar-refractivity contribution in [3.63, 3.8) is 0 Å². The van der Waals surface area contributed by atoms with Gasteiger partial charge in [-0.1, -0.05) is 6.07 Å². The third-order valence-electron chi connectivity index (χ3n) is 1.86. The monoisotopic (exact) mass is 197 g/mol. The van der Waals surface area contributed by atoms with Gasteiger partial charge in [-0.3, -0.25) is 0 Å². The molecule has 5 heteroatoms. The Labute approximate surface area is 78.7 Å². The molecule has 1 radical (unpaired) electrons. The molecule has 0 saturated heterocycles. The molecule has 0 amide bonds. The molecule has 0 aliphatic rings. The topological polar surface area (TPSA) is 37.9 Å². The van der Waals surface area contributed by atoms with Crippen LogP contribution < -0.4 is 4.74 Å². The molecule has 14 heavy (non-hydrogen) atoms. The lowest BCUT2D eigenvalue weighted by Gasteiger charge is -1.97. The van der Waals surface area contributed by atoms with Gasteiger partial charge in [0.15, 0.2) is 5.82 Å². The highest BCUT2D eigenvalue weighted by atomic mass is 19.3. The van der Waals surface area contributed by atoms with Crippen LogP contribution in [0.25, 0.3) is 11.0 Å². The fraction of sp³-hybridized carbons (Fsp3) is 0.111. The number of H-pyrrole nitrogens is 1. The zero-order valence-electron chi connectivity index (χ0n) is 7.13. The van der Waals surface area contributed by atoms with Gasteiger partial charge in [0.1, 0.15) is 18.4 Å². The summed E-state index contributed by atoms with van der Waals surface area (Å²) in [6.45, 7) is 0. The van der Waals surface area contributed by atoms with E-state index in [0.29, 0.717) is 16.8 Å². The van der Waals surface area contributed by atoms with Gasteiger partial charge in [-0.15, -0.1) is 0 Å². The Morgan fingerprint density at radius 2 is 2.21 bits per heavy atom. The molecule has 1 aromatic carbocycles. The van der Waals surface area contributed by atoms with Gasteiger partial charge in [-0.2, -0.15) is 0 Å². The lowest BCUT2D eigenvalue weighted by atomic mass is 10.3. The summed E-state index contributed by atoms with van der Waals surface area (Å²) in [7, 11) is 3.22. The summed E-state index contributed by atoms with van der Waals surface area (Å²) in [5.41, 5.74) is 0.888. The highest BCUT2D eigenvalue weighted by Crippen LogP contribution is 2.26. The second-order valence-electron chi connectivity index (χ2n) is 2.72. The van der Waals surface area contributed by atoms with Gasteiger partial charge in [-0.25, -0.2) is 13.8 Å². The van der Waals surface area contributed by atoms with E-state index in [-0.39, 0.29) is 5.82 Å². The fourth-order valence-corrected chi connectivity index (χ4v) is 1.24. The second kappa shape index (κ2) is 3.25. The summed E-state index contributed by atoms with van der Waals surface area (Å²) in [5.74, 6) is 0.0233. The van der Waals surface area contributed by atoms with E-state index in [4.69, 9.17) is 4.74 Å². The molecule has 3 nitrogen and oxygen atoms in total. The first-order chi connectivity index (χ1) is 6.72. The molecule has 0 aliphatic carbocycles. The van der Waals surface area contributed by atoms with Crippen LogP contribution in [0.1, 0.15) is 12.2 Å². The molecule has 0 aliphatic heterocycles. The molecule has 73 valence electrons. The number of aromatic amines is 1. The van der Waals surface area contributed by atoms with Gasteiger partial charge in [0.2, 0.25) is 0 Å². The Morgan fingerprint density at radius 1 is 1.43 bits per heavy atom. The van der Waals surface area contributed by atoms with Gasteiger partial charge in [0, 0.05) is 0 Å². The van der Waals surface area contributed by atoms with Crippen LogP contribution >= 0.6 is 0 Å². The van der Waals surface area contributed by atoms with Crippen LogP contribution in [-0.2, 0) is 0 Å². The summed E-state index contributed by atoms with van der Waals surface area (Å²) >= 11 is 0. The molecular weight excluding hydrogens is 190 g/mol. The zero-order chi connectivity index (χ0) is 10.1. The third kappa shape index (κ3) is 1.30. The molecule has 2 aromatic rings. The Bertz CT molecular complexity index is 453. The molecule has 0 bridgehead atoms. The van der Waals surface area contributed by atoms with Gasteiger partial charge in [-0.05, 0) is 12.1 Å². The van der Waals surface area contributed by atoms with Crippen LogP contribution in [0.5, 0.6) is 5.75 Å². The molecule has 0 fully saturated rings. The second-order valence-corrected chi connectivity index (χ2v) is 2.72. The molecule has 2 rings (SSSR count). The first kappa shape index (κ1) is 8.93. The molecule has 1 heterocycles. The Kier molecular flexibility index (Phi) is 2.07. The maximum absolute atomic E-state index is 12.3. The number of benzene rings is 1. The minimum atomic E-state index is -2.61. The number of imidazole rings is 1. The average Bonchev–Trinajstić information content (AvgIpc) is 2.60. The number of ether oxygens (including phenoxy) is 1. The Morgan fingerprint density at radius 3 is 2.86 bits per heavy atom. The number of fused-ring (bicyclic) bond motifs is 1. The normalized spacial score (nSPS) is 11.1. The van der Waals surface area contributed by atoms with Crippen LogP contribution in [0.4, 0.5) is 8.78 Å². The summed E-state index contributed by atoms with van der Waals surface area (Å²) in [5, 5.41) is 0. The van der Waals surface area contributed by atoms with Gasteiger partial charge in [0.05, 0.1) is 5.52 Å². The Hall–Kier alpha value is -1.65. The van der Waals surface area contributed by atoms with Gasteiger partial charge >= 0.3 is 0 Å². The van der Waals surface area contributed by atoms with Crippen LogP contribution in [-0.4, -0.2) is 9.97 Å². The van der Waals surface area contributed by atoms with E-state index < -0.39 is 6.43 Å². The summed E-state index contributed by atoms with van der Waals surface area (Å²) in [6, 6.07) is 4.94. The maximum Gasteiger partial charge on any atom is 0.295 e. The minimum Gasteiger partial charge on any atom is -0.488 e. The predicted octanol–water partition coefficient (Wildman–Crippen LogP) is 2.67. The van der Waals surface area contributed by atoms with E-state index in [1.165, 1.54) is 0 Å². The number of nitrogens with one attached hydrogen (secondary N) is 1. The number of nitrogens with zero attached hydrogens (tertiary/aromatic N) is 1. The number of rotatable bonds is 2. The first-order valence-electron chi connectivity index (χ1n) is 3.91. The third-order valence-corrected chi connectivity index (χ3v) is 1.86. The van der Waals surface area contributed by atoms with Crippen LogP contribution in [0, 0.1) is 7.11 Å². The number of halogens is 2. The number of aromatic nitrogens is 2. The lowest BCUT2D eigenvalue weighted by molar-refractivity contribution is 0.142. The van der Waals surface area contributed by atoms with Crippen molar-refractivity contribution < 1.29 is 13.5 Å². The quantitative estimate of drug-likeness (QED) is 0.803. The van der Waals surface area contributed by atoms with E-state index in [1.54, 1.807) is 18.2 Å². The summed E-state index contributed by atoms with van der Waals surface area (Å²) < 4.78 is 29.3. The van der Waals surface area contributed by atoms with Crippen molar-refractivity contribution in [1.82, 2.24) is 9.97 Å². The van der Waals surface area contributed by atoms with Crippen molar-refractivity contribution in [2.24, 2.45) is 0 Å². The molecular formula is C9H7F2N2O. The molecule has 0 spiro atoms. The van der Waals surface area contributed by atoms with Crippen molar-refractivity contribution in [3.8, 4) is 5.75 Å². The molecule has 0 saturated carbocycles. The smallest absolute Gasteiger partial charge is 0.295 e. The van der Waals surface area contributed by atoms with Crippen molar-refractivity contribution in [1.29, 1.82) is 0 Å². The number of hydrogen-bond donors (Lipinski definition) is 1. The van der Waals surface area contributed by atoms with Gasteiger partial charge < -0.3 is 9.72 Å². The summed E-state index contributed by atoms with van der Waals surface area (Å²) in [6.07, 6.45) is -2.61. The van der Waals surface area contributed by atoms with Crippen LogP contribution in [0.15, 0.2) is 18.2 Å². The maximum atomic E-state index is 12.3. The van der Waals surface area contributed by atoms with E-state index in [0.717, 1.165) is 0 Å². The highest BCUT2D eigenvalue weighted by molar-refractivity contribution is 5.81. The minimum absolute atomic E-state index is 0.357. The first-order valence-corrected chi connectivity index (χ1v) is 3.91.